The summed E-state index contributed by atoms with van der Waals surface area (Å²) in [5.74, 6) is 3.21. The smallest absolute Gasteiger partial charge is 0.00460 e. The van der Waals surface area contributed by atoms with E-state index in [1.807, 2.05) is 0 Å². The van der Waals surface area contributed by atoms with Crippen LogP contribution in [0.15, 0.2) is 0 Å². The van der Waals surface area contributed by atoms with Crippen molar-refractivity contribution in [3.63, 3.8) is 0 Å². The monoisotopic (exact) mass is 239 g/mol. The molecule has 3 aliphatic carbocycles. The molecule has 16 heavy (non-hydrogen) atoms. The Kier molecular flexibility index (Phi) is 3.23. The van der Waals surface area contributed by atoms with Crippen LogP contribution >= 0.6 is 12.6 Å². The molecule has 0 radical (unpaired) electrons. The molecule has 0 spiro atoms. The molecular formula is C14H25NS. The van der Waals surface area contributed by atoms with Gasteiger partial charge in [0.15, 0.2) is 0 Å². The molecule has 92 valence electrons. The number of nitrogens with zero attached hydrogens (tertiary/aromatic N) is 1. The Morgan fingerprint density at radius 2 is 1.56 bits per heavy atom. The summed E-state index contributed by atoms with van der Waals surface area (Å²) in [6.07, 6.45) is 10.3. The second-order valence-corrected chi connectivity index (χ2v) is 6.91. The van der Waals surface area contributed by atoms with Gasteiger partial charge in [0.2, 0.25) is 0 Å². The van der Waals surface area contributed by atoms with Gasteiger partial charge in [-0.05, 0) is 61.5 Å². The molecule has 0 N–H and O–H groups in total. The highest BCUT2D eigenvalue weighted by atomic mass is 32.1. The van der Waals surface area contributed by atoms with Crippen molar-refractivity contribution in [1.82, 2.24) is 4.90 Å². The lowest BCUT2D eigenvalue weighted by molar-refractivity contribution is 0.0845. The second kappa shape index (κ2) is 4.53. The van der Waals surface area contributed by atoms with Crippen LogP contribution in [-0.2, 0) is 0 Å². The predicted octanol–water partition coefficient (Wildman–Crippen LogP) is 3.21. The summed E-state index contributed by atoms with van der Waals surface area (Å²) in [6, 6.07) is 0. The summed E-state index contributed by atoms with van der Waals surface area (Å²) >= 11 is 4.59. The van der Waals surface area contributed by atoms with E-state index in [0.717, 1.165) is 17.6 Å². The van der Waals surface area contributed by atoms with Gasteiger partial charge in [-0.2, -0.15) is 12.6 Å². The van der Waals surface area contributed by atoms with Gasteiger partial charge in [-0.1, -0.05) is 6.42 Å². The standard InChI is InChI=1S/C14H25NS/c16-11-14(6-1-7-14)10-15(8-12-2-3-12)9-13-4-5-13/h12-13,16H,1-11H2. The first-order valence-corrected chi connectivity index (χ1v) is 7.76. The zero-order valence-electron chi connectivity index (χ0n) is 10.3. The number of hydrogen-bond acceptors (Lipinski definition) is 2. The van der Waals surface area contributed by atoms with E-state index >= 15 is 0 Å². The minimum Gasteiger partial charge on any atom is -0.302 e. The molecule has 1 nitrogen and oxygen atoms in total. The quantitative estimate of drug-likeness (QED) is 0.668. The molecule has 2 heteroatoms. The van der Waals surface area contributed by atoms with E-state index in [-0.39, 0.29) is 0 Å². The molecule has 0 aliphatic heterocycles. The highest BCUT2D eigenvalue weighted by molar-refractivity contribution is 7.80. The van der Waals surface area contributed by atoms with Crippen LogP contribution in [0, 0.1) is 17.3 Å². The topological polar surface area (TPSA) is 3.24 Å². The fraction of sp³-hybridized carbons (Fsp3) is 1.00. The average molecular weight is 239 g/mol. The first-order valence-electron chi connectivity index (χ1n) is 7.13. The van der Waals surface area contributed by atoms with Crippen LogP contribution < -0.4 is 0 Å². The van der Waals surface area contributed by atoms with Crippen LogP contribution in [-0.4, -0.2) is 30.3 Å². The van der Waals surface area contributed by atoms with Crippen molar-refractivity contribution in [2.75, 3.05) is 25.4 Å². The zero-order chi connectivity index (χ0) is 11.0. The van der Waals surface area contributed by atoms with Gasteiger partial charge in [0.05, 0.1) is 0 Å². The first kappa shape index (κ1) is 11.4. The van der Waals surface area contributed by atoms with Crippen LogP contribution in [0.2, 0.25) is 0 Å². The lowest BCUT2D eigenvalue weighted by Crippen LogP contribution is -2.45. The fourth-order valence-electron chi connectivity index (χ4n) is 3.05. The third kappa shape index (κ3) is 2.76. The fourth-order valence-corrected chi connectivity index (χ4v) is 3.47. The van der Waals surface area contributed by atoms with Crippen molar-refractivity contribution in [3.8, 4) is 0 Å². The van der Waals surface area contributed by atoms with Gasteiger partial charge < -0.3 is 4.90 Å². The molecular weight excluding hydrogens is 214 g/mol. The van der Waals surface area contributed by atoms with Crippen LogP contribution in [0.25, 0.3) is 0 Å². The molecule has 3 aliphatic rings. The van der Waals surface area contributed by atoms with E-state index in [2.05, 4.69) is 17.5 Å². The molecule has 0 heterocycles. The van der Waals surface area contributed by atoms with Crippen molar-refractivity contribution >= 4 is 12.6 Å². The first-order chi connectivity index (χ1) is 7.80. The molecule has 3 rings (SSSR count). The van der Waals surface area contributed by atoms with E-state index in [4.69, 9.17) is 0 Å². The maximum atomic E-state index is 4.59. The van der Waals surface area contributed by atoms with E-state index in [1.165, 1.54) is 64.6 Å². The Hall–Kier alpha value is 0.310. The summed E-state index contributed by atoms with van der Waals surface area (Å²) in [7, 11) is 0. The summed E-state index contributed by atoms with van der Waals surface area (Å²) in [5, 5.41) is 0. The van der Waals surface area contributed by atoms with E-state index in [1.54, 1.807) is 0 Å². The third-order valence-corrected chi connectivity index (χ3v) is 5.41. The molecule has 0 aromatic rings. The van der Waals surface area contributed by atoms with Crippen LogP contribution in [0.5, 0.6) is 0 Å². The van der Waals surface area contributed by atoms with Crippen molar-refractivity contribution in [2.24, 2.45) is 17.3 Å². The Bertz CT molecular complexity index is 222. The van der Waals surface area contributed by atoms with E-state index < -0.39 is 0 Å². The Balaban J connectivity index is 1.52. The van der Waals surface area contributed by atoms with E-state index in [0.29, 0.717) is 5.41 Å². The predicted molar refractivity (Wildman–Crippen MR) is 72.0 cm³/mol. The zero-order valence-corrected chi connectivity index (χ0v) is 11.2. The van der Waals surface area contributed by atoms with Crippen LogP contribution in [0.1, 0.15) is 44.9 Å². The minimum atomic E-state index is 0.604. The maximum Gasteiger partial charge on any atom is 0.00460 e. The molecule has 0 atom stereocenters. The molecule has 0 saturated heterocycles. The lowest BCUT2D eigenvalue weighted by atomic mass is 9.70. The number of rotatable bonds is 7. The van der Waals surface area contributed by atoms with Crippen molar-refractivity contribution in [1.29, 1.82) is 0 Å². The Morgan fingerprint density at radius 1 is 1.00 bits per heavy atom. The Labute approximate surface area is 105 Å². The SMILES string of the molecule is SCC1(CN(CC2CC2)CC2CC2)CCC1. The summed E-state index contributed by atoms with van der Waals surface area (Å²) in [6.45, 7) is 4.14. The third-order valence-electron chi connectivity index (χ3n) is 4.74. The summed E-state index contributed by atoms with van der Waals surface area (Å²) in [4.78, 5) is 2.80. The molecule has 3 fully saturated rings. The summed E-state index contributed by atoms with van der Waals surface area (Å²) < 4.78 is 0. The van der Waals surface area contributed by atoms with Crippen LogP contribution in [0.3, 0.4) is 0 Å². The van der Waals surface area contributed by atoms with Gasteiger partial charge in [0.25, 0.3) is 0 Å². The highest BCUT2D eigenvalue weighted by Crippen LogP contribution is 2.44. The van der Waals surface area contributed by atoms with Gasteiger partial charge in [-0.25, -0.2) is 0 Å². The minimum absolute atomic E-state index is 0.604. The van der Waals surface area contributed by atoms with Crippen molar-refractivity contribution in [3.05, 3.63) is 0 Å². The highest BCUT2D eigenvalue weighted by Gasteiger charge is 2.39. The maximum absolute atomic E-state index is 4.59. The largest absolute Gasteiger partial charge is 0.302 e. The van der Waals surface area contributed by atoms with Gasteiger partial charge in [-0.15, -0.1) is 0 Å². The Morgan fingerprint density at radius 3 is 1.88 bits per heavy atom. The van der Waals surface area contributed by atoms with E-state index in [9.17, 15) is 0 Å². The molecule has 3 saturated carbocycles. The lowest BCUT2D eigenvalue weighted by Gasteiger charge is -2.44. The molecule has 0 amide bonds. The number of thiol groups is 1. The van der Waals surface area contributed by atoms with Crippen molar-refractivity contribution < 1.29 is 0 Å². The normalized spacial score (nSPS) is 28.1. The molecule has 0 aromatic heterocycles. The van der Waals surface area contributed by atoms with Crippen LogP contribution in [0.4, 0.5) is 0 Å². The second-order valence-electron chi connectivity index (χ2n) is 6.59. The number of hydrogen-bond donors (Lipinski definition) is 1. The van der Waals surface area contributed by atoms with Gasteiger partial charge in [0.1, 0.15) is 0 Å². The molecule has 0 aromatic carbocycles. The average Bonchev–Trinajstić information content (AvgIpc) is 3.06. The van der Waals surface area contributed by atoms with Gasteiger partial charge in [0, 0.05) is 19.6 Å². The molecule has 0 unspecified atom stereocenters. The van der Waals surface area contributed by atoms with Crippen molar-refractivity contribution in [2.45, 2.75) is 44.9 Å². The summed E-state index contributed by atoms with van der Waals surface area (Å²) in [5.41, 5.74) is 0.604. The van der Waals surface area contributed by atoms with Gasteiger partial charge in [-0.3, -0.25) is 0 Å². The molecule has 0 bridgehead atoms. The van der Waals surface area contributed by atoms with Gasteiger partial charge >= 0.3 is 0 Å².